The van der Waals surface area contributed by atoms with Crippen LogP contribution in [-0.2, 0) is 11.2 Å². The molecule has 4 rings (SSSR count). The van der Waals surface area contributed by atoms with Gasteiger partial charge in [-0.25, -0.2) is 4.79 Å². The van der Waals surface area contributed by atoms with Crippen molar-refractivity contribution in [2.75, 3.05) is 33.9 Å². The average Bonchev–Trinajstić information content (AvgIpc) is 2.94. The molecular weight excluding hydrogens is 450 g/mol. The van der Waals surface area contributed by atoms with Crippen LogP contribution in [0.3, 0.4) is 0 Å². The van der Waals surface area contributed by atoms with Gasteiger partial charge in [0.2, 0.25) is 0 Å². The zero-order chi connectivity index (χ0) is 25.2. The Hall–Kier alpha value is -4.09. The fourth-order valence-corrected chi connectivity index (χ4v) is 3.98. The molecule has 0 radical (unpaired) electrons. The van der Waals surface area contributed by atoms with Gasteiger partial charge in [-0.05, 0) is 65.4 Å². The number of esters is 1. The highest BCUT2D eigenvalue weighted by Crippen LogP contribution is 2.25. The molecule has 0 amide bonds. The maximum atomic E-state index is 11.8. The summed E-state index contributed by atoms with van der Waals surface area (Å²) in [6.07, 6.45) is 3.02. The van der Waals surface area contributed by atoms with Gasteiger partial charge in [0.05, 0.1) is 19.8 Å². The third-order valence-electron chi connectivity index (χ3n) is 5.97. The molecule has 0 saturated heterocycles. The summed E-state index contributed by atoms with van der Waals surface area (Å²) >= 11 is 0. The quantitative estimate of drug-likeness (QED) is 0.213. The Morgan fingerprint density at radius 3 is 2.36 bits per heavy atom. The van der Waals surface area contributed by atoms with Gasteiger partial charge in [-0.15, -0.1) is 0 Å². The van der Waals surface area contributed by atoms with E-state index in [1.165, 1.54) is 12.7 Å². The molecule has 0 aliphatic rings. The number of rotatable bonds is 11. The van der Waals surface area contributed by atoms with Crippen LogP contribution in [0.2, 0.25) is 0 Å². The summed E-state index contributed by atoms with van der Waals surface area (Å²) < 4.78 is 16.3. The van der Waals surface area contributed by atoms with Crippen molar-refractivity contribution in [1.82, 2.24) is 5.32 Å². The molecule has 1 N–H and O–H groups in total. The van der Waals surface area contributed by atoms with Gasteiger partial charge in [-0.3, -0.25) is 0 Å². The van der Waals surface area contributed by atoms with E-state index in [0.29, 0.717) is 18.7 Å². The number of methoxy groups -OCH3 is 2. The Labute approximate surface area is 212 Å². The minimum Gasteiger partial charge on any atom is -0.497 e. The molecule has 0 fully saturated rings. The van der Waals surface area contributed by atoms with Crippen LogP contribution in [0.5, 0.6) is 11.5 Å². The predicted octanol–water partition coefficient (Wildman–Crippen LogP) is 5.93. The fraction of sp³-hybridized carbons (Fsp3) is 0.194. The lowest BCUT2D eigenvalue weighted by atomic mass is 10.1. The van der Waals surface area contributed by atoms with E-state index in [0.717, 1.165) is 46.4 Å². The Kier molecular flexibility index (Phi) is 8.73. The Bertz CT molecular complexity index is 1310. The van der Waals surface area contributed by atoms with Crippen molar-refractivity contribution in [3.05, 3.63) is 113 Å². The van der Waals surface area contributed by atoms with Gasteiger partial charge in [0.1, 0.15) is 18.1 Å². The van der Waals surface area contributed by atoms with Crippen molar-refractivity contribution in [3.63, 3.8) is 0 Å². The van der Waals surface area contributed by atoms with Crippen LogP contribution in [-0.4, -0.2) is 39.9 Å². The Morgan fingerprint density at radius 2 is 1.61 bits per heavy atom. The molecule has 0 aromatic heterocycles. The molecule has 0 unspecified atom stereocenters. The molecule has 184 valence electrons. The lowest BCUT2D eigenvalue weighted by molar-refractivity contribution is 0.0600. The average molecular weight is 482 g/mol. The van der Waals surface area contributed by atoms with Crippen LogP contribution in [0.1, 0.15) is 21.5 Å². The van der Waals surface area contributed by atoms with Crippen molar-refractivity contribution in [1.29, 1.82) is 0 Å². The summed E-state index contributed by atoms with van der Waals surface area (Å²) in [5.74, 6) is 1.38. The summed E-state index contributed by atoms with van der Waals surface area (Å²) in [6.45, 7) is 1.96. The van der Waals surface area contributed by atoms with E-state index < -0.39 is 0 Å². The molecule has 5 heteroatoms. The second kappa shape index (κ2) is 12.6. The van der Waals surface area contributed by atoms with E-state index in [1.807, 2.05) is 48.5 Å². The highest BCUT2D eigenvalue weighted by molar-refractivity contribution is 5.89. The lowest BCUT2D eigenvalue weighted by Gasteiger charge is -2.14. The molecule has 36 heavy (non-hydrogen) atoms. The molecule has 0 spiro atoms. The monoisotopic (exact) mass is 481 g/mol. The molecule has 4 aromatic rings. The number of carbonyl (C=O) groups is 1. The fourth-order valence-electron chi connectivity index (χ4n) is 3.98. The molecule has 0 atom stereocenters. The van der Waals surface area contributed by atoms with E-state index in [9.17, 15) is 4.79 Å². The SMILES string of the molecule is COC(=O)c1ccc(/C=C(/CNCCc2ccc(OC)cc2)COc2cccc3ccccc23)cc1. The van der Waals surface area contributed by atoms with Crippen LogP contribution >= 0.6 is 0 Å². The zero-order valence-electron chi connectivity index (χ0n) is 20.7. The molecular formula is C31H31NO4. The molecule has 0 saturated carbocycles. The topological polar surface area (TPSA) is 56.8 Å². The maximum Gasteiger partial charge on any atom is 0.337 e. The third-order valence-corrected chi connectivity index (χ3v) is 5.97. The van der Waals surface area contributed by atoms with Crippen molar-refractivity contribution in [2.45, 2.75) is 6.42 Å². The highest BCUT2D eigenvalue weighted by atomic mass is 16.5. The van der Waals surface area contributed by atoms with Crippen LogP contribution in [0, 0.1) is 0 Å². The summed E-state index contributed by atoms with van der Waals surface area (Å²) in [4.78, 5) is 11.8. The van der Waals surface area contributed by atoms with E-state index in [2.05, 4.69) is 41.7 Å². The van der Waals surface area contributed by atoms with Crippen LogP contribution in [0.25, 0.3) is 16.8 Å². The second-order valence-corrected chi connectivity index (χ2v) is 8.46. The largest absolute Gasteiger partial charge is 0.497 e. The van der Waals surface area contributed by atoms with Gasteiger partial charge >= 0.3 is 5.97 Å². The van der Waals surface area contributed by atoms with Crippen molar-refractivity contribution >= 4 is 22.8 Å². The number of carbonyl (C=O) groups excluding carboxylic acids is 1. The van der Waals surface area contributed by atoms with E-state index in [-0.39, 0.29) is 5.97 Å². The minimum absolute atomic E-state index is 0.342. The zero-order valence-corrected chi connectivity index (χ0v) is 20.7. The van der Waals surface area contributed by atoms with Crippen LogP contribution in [0.15, 0.2) is 96.6 Å². The first kappa shape index (κ1) is 25.0. The van der Waals surface area contributed by atoms with Gasteiger partial charge in [-0.1, -0.05) is 66.7 Å². The van der Waals surface area contributed by atoms with Gasteiger partial charge in [0, 0.05) is 11.9 Å². The van der Waals surface area contributed by atoms with Crippen LogP contribution < -0.4 is 14.8 Å². The standard InChI is InChI=1S/C31H31NO4/c1-34-28-16-12-23(13-17-28)18-19-32-21-25(20-24-10-14-27(15-11-24)31(33)35-2)22-36-30-9-5-7-26-6-3-4-8-29(26)30/h3-17,20,32H,18-19,21-22H2,1-2H3/b25-20-. The van der Waals surface area contributed by atoms with Gasteiger partial charge in [0.25, 0.3) is 0 Å². The van der Waals surface area contributed by atoms with Crippen LogP contribution in [0.4, 0.5) is 0 Å². The van der Waals surface area contributed by atoms with E-state index >= 15 is 0 Å². The third kappa shape index (κ3) is 6.74. The first-order valence-corrected chi connectivity index (χ1v) is 12.0. The molecule has 5 nitrogen and oxygen atoms in total. The number of hydrogen-bond acceptors (Lipinski definition) is 5. The summed E-state index contributed by atoms with van der Waals surface area (Å²) in [6, 6.07) is 29.8. The number of nitrogens with one attached hydrogen (secondary N) is 1. The van der Waals surface area contributed by atoms with Crippen molar-refractivity contribution in [2.24, 2.45) is 0 Å². The number of fused-ring (bicyclic) bond motifs is 1. The molecule has 4 aromatic carbocycles. The van der Waals surface area contributed by atoms with E-state index in [4.69, 9.17) is 14.2 Å². The maximum absolute atomic E-state index is 11.8. The lowest BCUT2D eigenvalue weighted by Crippen LogP contribution is -2.22. The predicted molar refractivity (Wildman–Crippen MR) is 145 cm³/mol. The number of benzene rings is 4. The molecule has 0 aliphatic heterocycles. The van der Waals surface area contributed by atoms with E-state index in [1.54, 1.807) is 19.2 Å². The Morgan fingerprint density at radius 1 is 0.861 bits per heavy atom. The van der Waals surface area contributed by atoms with Gasteiger partial charge in [0.15, 0.2) is 0 Å². The smallest absolute Gasteiger partial charge is 0.337 e. The van der Waals surface area contributed by atoms with Gasteiger partial charge in [-0.2, -0.15) is 0 Å². The first-order chi connectivity index (χ1) is 17.7. The summed E-state index contributed by atoms with van der Waals surface area (Å²) in [5.41, 5.74) is 3.87. The Balaban J connectivity index is 1.45. The van der Waals surface area contributed by atoms with Crippen molar-refractivity contribution in [3.8, 4) is 11.5 Å². The van der Waals surface area contributed by atoms with Crippen molar-refractivity contribution < 1.29 is 19.0 Å². The molecule has 0 heterocycles. The highest BCUT2D eigenvalue weighted by Gasteiger charge is 2.07. The summed E-state index contributed by atoms with van der Waals surface area (Å²) in [5, 5.41) is 5.78. The minimum atomic E-state index is -0.342. The normalized spacial score (nSPS) is 11.3. The molecule has 0 aliphatic carbocycles. The number of ether oxygens (including phenoxy) is 3. The first-order valence-electron chi connectivity index (χ1n) is 12.0. The second-order valence-electron chi connectivity index (χ2n) is 8.46. The summed E-state index contributed by atoms with van der Waals surface area (Å²) in [7, 11) is 3.06. The number of hydrogen-bond donors (Lipinski definition) is 1. The molecule has 0 bridgehead atoms. The van der Waals surface area contributed by atoms with Gasteiger partial charge < -0.3 is 19.5 Å².